The first kappa shape index (κ1) is 13.1. The van der Waals surface area contributed by atoms with Crippen LogP contribution in [0.15, 0.2) is 66.2 Å². The van der Waals surface area contributed by atoms with E-state index >= 15 is 0 Å². The maximum Gasteiger partial charge on any atom is 0.307 e. The molecular formula is C17H16O2. The Bertz CT molecular complexity index is 556. The van der Waals surface area contributed by atoms with Crippen LogP contribution < -0.4 is 0 Å². The van der Waals surface area contributed by atoms with Gasteiger partial charge < -0.3 is 5.11 Å². The van der Waals surface area contributed by atoms with Crippen molar-refractivity contribution in [1.29, 1.82) is 0 Å². The van der Waals surface area contributed by atoms with Gasteiger partial charge in [0.25, 0.3) is 0 Å². The fourth-order valence-corrected chi connectivity index (χ4v) is 2.00. The second-order valence-corrected chi connectivity index (χ2v) is 4.45. The summed E-state index contributed by atoms with van der Waals surface area (Å²) in [6, 6.07) is 19.7. The van der Waals surface area contributed by atoms with Crippen molar-refractivity contribution in [1.82, 2.24) is 0 Å². The molecule has 0 unspecified atom stereocenters. The van der Waals surface area contributed by atoms with Crippen LogP contribution in [-0.4, -0.2) is 11.1 Å². The molecule has 0 aliphatic rings. The SMILES string of the molecule is O=C(O)C/C(=C/c1ccccc1)Cc1ccccc1. The smallest absolute Gasteiger partial charge is 0.307 e. The highest BCUT2D eigenvalue weighted by atomic mass is 16.4. The van der Waals surface area contributed by atoms with E-state index in [4.69, 9.17) is 5.11 Å². The van der Waals surface area contributed by atoms with Crippen LogP contribution in [0, 0.1) is 0 Å². The molecule has 0 radical (unpaired) electrons. The van der Waals surface area contributed by atoms with Gasteiger partial charge in [-0.15, -0.1) is 0 Å². The van der Waals surface area contributed by atoms with Crippen LogP contribution in [0.3, 0.4) is 0 Å². The van der Waals surface area contributed by atoms with Gasteiger partial charge in [-0.2, -0.15) is 0 Å². The van der Waals surface area contributed by atoms with E-state index in [9.17, 15) is 4.79 Å². The number of carbonyl (C=O) groups is 1. The molecule has 0 saturated heterocycles. The summed E-state index contributed by atoms with van der Waals surface area (Å²) >= 11 is 0. The predicted molar refractivity (Wildman–Crippen MR) is 76.8 cm³/mol. The third-order valence-corrected chi connectivity index (χ3v) is 2.82. The second kappa shape index (κ2) is 6.55. The Morgan fingerprint density at radius 2 is 1.53 bits per heavy atom. The fourth-order valence-electron chi connectivity index (χ4n) is 2.00. The summed E-state index contributed by atoms with van der Waals surface area (Å²) in [7, 11) is 0. The quantitative estimate of drug-likeness (QED) is 0.879. The number of hydrogen-bond acceptors (Lipinski definition) is 1. The zero-order valence-corrected chi connectivity index (χ0v) is 10.6. The van der Waals surface area contributed by atoms with E-state index in [0.29, 0.717) is 6.42 Å². The Kier molecular flexibility index (Phi) is 4.51. The van der Waals surface area contributed by atoms with Crippen molar-refractivity contribution in [2.24, 2.45) is 0 Å². The summed E-state index contributed by atoms with van der Waals surface area (Å²) in [5.41, 5.74) is 3.07. The third kappa shape index (κ3) is 4.43. The average molecular weight is 252 g/mol. The highest BCUT2D eigenvalue weighted by Gasteiger charge is 2.05. The molecule has 0 bridgehead atoms. The van der Waals surface area contributed by atoms with E-state index in [2.05, 4.69) is 0 Å². The van der Waals surface area contributed by atoms with Crippen molar-refractivity contribution in [2.45, 2.75) is 12.8 Å². The van der Waals surface area contributed by atoms with Crippen LogP contribution in [0.1, 0.15) is 17.5 Å². The zero-order valence-electron chi connectivity index (χ0n) is 10.6. The summed E-state index contributed by atoms with van der Waals surface area (Å²) in [4.78, 5) is 10.9. The average Bonchev–Trinajstić information content (AvgIpc) is 2.40. The van der Waals surface area contributed by atoms with E-state index < -0.39 is 5.97 Å². The molecular weight excluding hydrogens is 236 g/mol. The minimum Gasteiger partial charge on any atom is -0.481 e. The maximum absolute atomic E-state index is 10.9. The number of hydrogen-bond donors (Lipinski definition) is 1. The molecule has 0 heterocycles. The Balaban J connectivity index is 2.21. The molecule has 2 nitrogen and oxygen atoms in total. The van der Waals surface area contributed by atoms with Crippen LogP contribution >= 0.6 is 0 Å². The molecule has 1 N–H and O–H groups in total. The zero-order chi connectivity index (χ0) is 13.5. The fraction of sp³-hybridized carbons (Fsp3) is 0.118. The third-order valence-electron chi connectivity index (χ3n) is 2.82. The summed E-state index contributed by atoms with van der Waals surface area (Å²) in [5, 5.41) is 9.00. The van der Waals surface area contributed by atoms with Crippen molar-refractivity contribution in [3.8, 4) is 0 Å². The van der Waals surface area contributed by atoms with E-state index in [-0.39, 0.29) is 6.42 Å². The van der Waals surface area contributed by atoms with Crippen molar-refractivity contribution < 1.29 is 9.90 Å². The number of aliphatic carboxylic acids is 1. The van der Waals surface area contributed by atoms with Gasteiger partial charge in [-0.25, -0.2) is 0 Å². The van der Waals surface area contributed by atoms with Crippen LogP contribution in [0.2, 0.25) is 0 Å². The van der Waals surface area contributed by atoms with E-state index in [1.807, 2.05) is 66.7 Å². The molecule has 0 aromatic heterocycles. The molecule has 2 heteroatoms. The standard InChI is InChI=1S/C17H16O2/c18-17(19)13-16(11-14-7-3-1-4-8-14)12-15-9-5-2-6-10-15/h1-11H,12-13H2,(H,18,19)/b16-11+. The number of carboxylic acids is 1. The largest absolute Gasteiger partial charge is 0.481 e. The second-order valence-electron chi connectivity index (χ2n) is 4.45. The highest BCUT2D eigenvalue weighted by molar-refractivity contribution is 5.73. The van der Waals surface area contributed by atoms with Gasteiger partial charge >= 0.3 is 5.97 Å². The lowest BCUT2D eigenvalue weighted by atomic mass is 10.00. The molecule has 19 heavy (non-hydrogen) atoms. The van der Waals surface area contributed by atoms with Gasteiger partial charge in [0.05, 0.1) is 6.42 Å². The van der Waals surface area contributed by atoms with Crippen molar-refractivity contribution >= 4 is 12.0 Å². The molecule has 0 amide bonds. The topological polar surface area (TPSA) is 37.3 Å². The Morgan fingerprint density at radius 3 is 2.11 bits per heavy atom. The summed E-state index contributed by atoms with van der Waals surface area (Å²) in [6.45, 7) is 0. The molecule has 0 atom stereocenters. The molecule has 0 aliphatic heterocycles. The lowest BCUT2D eigenvalue weighted by molar-refractivity contribution is -0.136. The Hall–Kier alpha value is -2.35. The van der Waals surface area contributed by atoms with Gasteiger partial charge in [0.2, 0.25) is 0 Å². The minimum absolute atomic E-state index is 0.0732. The molecule has 96 valence electrons. The highest BCUT2D eigenvalue weighted by Crippen LogP contribution is 2.15. The minimum atomic E-state index is -0.793. The van der Waals surface area contributed by atoms with Crippen molar-refractivity contribution in [3.63, 3.8) is 0 Å². The summed E-state index contributed by atoms with van der Waals surface area (Å²) in [6.07, 6.45) is 2.70. The molecule has 0 spiro atoms. The molecule has 2 aromatic rings. The normalized spacial score (nSPS) is 11.3. The van der Waals surface area contributed by atoms with Gasteiger partial charge in [-0.05, 0) is 17.5 Å². The van der Waals surface area contributed by atoms with Crippen LogP contribution in [-0.2, 0) is 11.2 Å². The Morgan fingerprint density at radius 1 is 0.947 bits per heavy atom. The van der Waals surface area contributed by atoms with Crippen LogP contribution in [0.25, 0.3) is 6.08 Å². The van der Waals surface area contributed by atoms with Crippen molar-refractivity contribution in [2.75, 3.05) is 0 Å². The molecule has 2 rings (SSSR count). The van der Waals surface area contributed by atoms with E-state index in [0.717, 1.165) is 16.7 Å². The maximum atomic E-state index is 10.9. The summed E-state index contributed by atoms with van der Waals surface area (Å²) < 4.78 is 0. The first-order valence-electron chi connectivity index (χ1n) is 6.24. The Labute approximate surface area is 113 Å². The van der Waals surface area contributed by atoms with Gasteiger partial charge in [-0.1, -0.05) is 72.3 Å². The lowest BCUT2D eigenvalue weighted by Gasteiger charge is -2.06. The van der Waals surface area contributed by atoms with Crippen LogP contribution in [0.4, 0.5) is 0 Å². The van der Waals surface area contributed by atoms with Crippen LogP contribution in [0.5, 0.6) is 0 Å². The van der Waals surface area contributed by atoms with Gasteiger partial charge in [0.15, 0.2) is 0 Å². The lowest BCUT2D eigenvalue weighted by Crippen LogP contribution is -2.00. The number of rotatable bonds is 5. The molecule has 0 fully saturated rings. The molecule has 0 saturated carbocycles. The first-order valence-corrected chi connectivity index (χ1v) is 6.24. The van der Waals surface area contributed by atoms with Gasteiger partial charge in [0, 0.05) is 0 Å². The predicted octanol–water partition coefficient (Wildman–Crippen LogP) is 3.79. The van der Waals surface area contributed by atoms with Gasteiger partial charge in [-0.3, -0.25) is 4.79 Å². The van der Waals surface area contributed by atoms with Gasteiger partial charge in [0.1, 0.15) is 0 Å². The summed E-state index contributed by atoms with van der Waals surface area (Å²) in [5.74, 6) is -0.793. The van der Waals surface area contributed by atoms with E-state index in [1.54, 1.807) is 0 Å². The first-order chi connectivity index (χ1) is 9.24. The number of benzene rings is 2. The number of carboxylic acid groups (broad SMARTS) is 1. The van der Waals surface area contributed by atoms with Crippen molar-refractivity contribution in [3.05, 3.63) is 77.4 Å². The molecule has 2 aromatic carbocycles. The molecule has 0 aliphatic carbocycles. The van der Waals surface area contributed by atoms with E-state index in [1.165, 1.54) is 0 Å². The monoisotopic (exact) mass is 252 g/mol.